The molecule has 0 aromatic carbocycles. The number of carbonyl (C=O) groups excluding carboxylic acids is 1. The lowest BCUT2D eigenvalue weighted by Gasteiger charge is -2.39. The number of nitrogens with zero attached hydrogens (tertiary/aromatic N) is 1. The highest BCUT2D eigenvalue weighted by Gasteiger charge is 2.33. The third-order valence-corrected chi connectivity index (χ3v) is 3.53. The summed E-state index contributed by atoms with van der Waals surface area (Å²) in [5.41, 5.74) is 5.96. The number of nitrogens with two attached hydrogens (primary N) is 1. The Morgan fingerprint density at radius 2 is 2.29 bits per heavy atom. The topological polar surface area (TPSA) is 75.8 Å². The lowest BCUT2D eigenvalue weighted by atomic mass is 9.98. The van der Waals surface area contributed by atoms with E-state index in [1.807, 2.05) is 20.8 Å². The predicted molar refractivity (Wildman–Crippen MR) is 65.4 cm³/mol. The fourth-order valence-corrected chi connectivity index (χ4v) is 1.92. The summed E-state index contributed by atoms with van der Waals surface area (Å²) in [5.74, 6) is 0.138. The quantitative estimate of drug-likeness (QED) is 0.728. The van der Waals surface area contributed by atoms with Gasteiger partial charge in [-0.05, 0) is 12.8 Å². The molecule has 1 heterocycles. The number of ether oxygens (including phenoxy) is 1. The van der Waals surface area contributed by atoms with Crippen LogP contribution in [-0.2, 0) is 9.53 Å². The smallest absolute Gasteiger partial charge is 0.240 e. The minimum Gasteiger partial charge on any atom is -0.394 e. The SMILES string of the molecule is CCC(C)[C@H](N)C(=O)N1CC(CO)OCC1C. The molecule has 0 spiro atoms. The Labute approximate surface area is 103 Å². The fourth-order valence-electron chi connectivity index (χ4n) is 1.92. The van der Waals surface area contributed by atoms with E-state index in [1.54, 1.807) is 4.90 Å². The van der Waals surface area contributed by atoms with E-state index in [2.05, 4.69) is 0 Å². The standard InChI is InChI=1S/C12H24N2O3/c1-4-8(2)11(13)12(16)14-5-10(6-15)17-7-9(14)3/h8-11,15H,4-7,13H2,1-3H3/t8?,9?,10?,11-/m0/s1. The summed E-state index contributed by atoms with van der Waals surface area (Å²) in [6, 6.07) is -0.430. The zero-order valence-corrected chi connectivity index (χ0v) is 10.9. The van der Waals surface area contributed by atoms with Gasteiger partial charge in [-0.15, -0.1) is 0 Å². The average Bonchev–Trinajstić information content (AvgIpc) is 2.36. The van der Waals surface area contributed by atoms with Crippen molar-refractivity contribution in [1.82, 2.24) is 4.90 Å². The summed E-state index contributed by atoms with van der Waals surface area (Å²) in [6.07, 6.45) is 0.606. The van der Waals surface area contributed by atoms with E-state index in [9.17, 15) is 4.79 Å². The molecule has 0 saturated carbocycles. The van der Waals surface area contributed by atoms with Gasteiger partial charge in [-0.1, -0.05) is 20.3 Å². The maximum atomic E-state index is 12.2. The Kier molecular flexibility index (Phi) is 5.36. The Balaban J connectivity index is 2.65. The second kappa shape index (κ2) is 6.33. The minimum atomic E-state index is -0.458. The summed E-state index contributed by atoms with van der Waals surface area (Å²) < 4.78 is 5.40. The number of rotatable bonds is 4. The van der Waals surface area contributed by atoms with E-state index >= 15 is 0 Å². The Hall–Kier alpha value is -0.650. The van der Waals surface area contributed by atoms with Crippen LogP contribution < -0.4 is 5.73 Å². The van der Waals surface area contributed by atoms with E-state index < -0.39 is 6.04 Å². The molecule has 0 aromatic heterocycles. The molecule has 1 rings (SSSR count). The van der Waals surface area contributed by atoms with Crippen molar-refractivity contribution >= 4 is 5.91 Å². The molecule has 5 nitrogen and oxygen atoms in total. The van der Waals surface area contributed by atoms with E-state index in [1.165, 1.54) is 0 Å². The van der Waals surface area contributed by atoms with Crippen molar-refractivity contribution in [3.05, 3.63) is 0 Å². The summed E-state index contributed by atoms with van der Waals surface area (Å²) in [6.45, 7) is 6.78. The monoisotopic (exact) mass is 244 g/mol. The molecular weight excluding hydrogens is 220 g/mol. The van der Waals surface area contributed by atoms with Crippen molar-refractivity contribution in [3.63, 3.8) is 0 Å². The van der Waals surface area contributed by atoms with E-state index in [4.69, 9.17) is 15.6 Å². The molecule has 3 N–H and O–H groups in total. The van der Waals surface area contributed by atoms with Crippen LogP contribution in [0, 0.1) is 5.92 Å². The lowest BCUT2D eigenvalue weighted by molar-refractivity contribution is -0.148. The van der Waals surface area contributed by atoms with Gasteiger partial charge >= 0.3 is 0 Å². The average molecular weight is 244 g/mol. The highest BCUT2D eigenvalue weighted by Crippen LogP contribution is 2.16. The van der Waals surface area contributed by atoms with Gasteiger partial charge < -0.3 is 20.5 Å². The van der Waals surface area contributed by atoms with E-state index in [0.29, 0.717) is 13.2 Å². The molecule has 0 aliphatic carbocycles. The summed E-state index contributed by atoms with van der Waals surface area (Å²) in [5, 5.41) is 9.08. The van der Waals surface area contributed by atoms with Crippen LogP contribution in [-0.4, -0.2) is 53.9 Å². The molecule has 0 aromatic rings. The molecule has 1 aliphatic heterocycles. The van der Waals surface area contributed by atoms with Crippen LogP contribution in [0.2, 0.25) is 0 Å². The van der Waals surface area contributed by atoms with Crippen molar-refractivity contribution < 1.29 is 14.6 Å². The maximum absolute atomic E-state index is 12.2. The van der Waals surface area contributed by atoms with Crippen molar-refractivity contribution in [3.8, 4) is 0 Å². The molecule has 100 valence electrons. The number of aliphatic hydroxyl groups excluding tert-OH is 1. The van der Waals surface area contributed by atoms with Gasteiger partial charge in [0.25, 0.3) is 0 Å². The van der Waals surface area contributed by atoms with Crippen LogP contribution >= 0.6 is 0 Å². The minimum absolute atomic E-state index is 0.0282. The molecule has 1 fully saturated rings. The Bertz CT molecular complexity index is 260. The van der Waals surface area contributed by atoms with Gasteiger partial charge in [-0.2, -0.15) is 0 Å². The zero-order valence-electron chi connectivity index (χ0n) is 10.9. The number of hydrogen-bond acceptors (Lipinski definition) is 4. The first-order valence-corrected chi connectivity index (χ1v) is 6.29. The van der Waals surface area contributed by atoms with Crippen LogP contribution in [0.3, 0.4) is 0 Å². The van der Waals surface area contributed by atoms with Gasteiger partial charge in [-0.3, -0.25) is 4.79 Å². The molecular formula is C12H24N2O3. The highest BCUT2D eigenvalue weighted by atomic mass is 16.5. The van der Waals surface area contributed by atoms with E-state index in [-0.39, 0.29) is 30.6 Å². The summed E-state index contributed by atoms with van der Waals surface area (Å²) in [7, 11) is 0. The summed E-state index contributed by atoms with van der Waals surface area (Å²) >= 11 is 0. The molecule has 0 bridgehead atoms. The second-order valence-corrected chi connectivity index (χ2v) is 4.89. The number of carbonyl (C=O) groups is 1. The molecule has 1 saturated heterocycles. The van der Waals surface area contributed by atoms with Crippen LogP contribution in [0.1, 0.15) is 27.2 Å². The zero-order chi connectivity index (χ0) is 13.0. The van der Waals surface area contributed by atoms with Crippen molar-refractivity contribution in [2.75, 3.05) is 19.8 Å². The van der Waals surface area contributed by atoms with Crippen LogP contribution in [0.25, 0.3) is 0 Å². The van der Waals surface area contributed by atoms with Crippen LogP contribution in [0.4, 0.5) is 0 Å². The van der Waals surface area contributed by atoms with Gasteiger partial charge in [-0.25, -0.2) is 0 Å². The largest absolute Gasteiger partial charge is 0.394 e. The van der Waals surface area contributed by atoms with Crippen LogP contribution in [0.5, 0.6) is 0 Å². The number of aliphatic hydroxyl groups is 1. The van der Waals surface area contributed by atoms with E-state index in [0.717, 1.165) is 6.42 Å². The second-order valence-electron chi connectivity index (χ2n) is 4.89. The van der Waals surface area contributed by atoms with Crippen molar-refractivity contribution in [1.29, 1.82) is 0 Å². The molecule has 1 amide bonds. The number of morpholine rings is 1. The third kappa shape index (κ3) is 3.40. The fraction of sp³-hybridized carbons (Fsp3) is 0.917. The highest BCUT2D eigenvalue weighted by molar-refractivity contribution is 5.82. The van der Waals surface area contributed by atoms with Crippen molar-refractivity contribution in [2.45, 2.75) is 45.4 Å². The maximum Gasteiger partial charge on any atom is 0.240 e. The van der Waals surface area contributed by atoms with Gasteiger partial charge in [0.15, 0.2) is 0 Å². The first-order valence-electron chi connectivity index (χ1n) is 6.29. The molecule has 1 aliphatic rings. The Morgan fingerprint density at radius 3 is 2.82 bits per heavy atom. The molecule has 3 unspecified atom stereocenters. The lowest BCUT2D eigenvalue weighted by Crippen LogP contribution is -2.57. The van der Waals surface area contributed by atoms with Gasteiger partial charge in [0.05, 0.1) is 31.4 Å². The first kappa shape index (κ1) is 14.4. The number of hydrogen-bond donors (Lipinski definition) is 2. The number of amides is 1. The Morgan fingerprint density at radius 1 is 1.65 bits per heavy atom. The molecule has 0 radical (unpaired) electrons. The predicted octanol–water partition coefficient (Wildman–Crippen LogP) is -0.0320. The van der Waals surface area contributed by atoms with Crippen LogP contribution in [0.15, 0.2) is 0 Å². The van der Waals surface area contributed by atoms with Crippen molar-refractivity contribution in [2.24, 2.45) is 11.7 Å². The third-order valence-electron chi connectivity index (χ3n) is 3.53. The van der Waals surface area contributed by atoms with Gasteiger partial charge in [0.1, 0.15) is 0 Å². The van der Waals surface area contributed by atoms with Gasteiger partial charge in [0, 0.05) is 6.54 Å². The first-order chi connectivity index (χ1) is 8.01. The molecule has 5 heteroatoms. The molecule has 17 heavy (non-hydrogen) atoms. The summed E-state index contributed by atoms with van der Waals surface area (Å²) in [4.78, 5) is 14.0. The molecule has 4 atom stereocenters. The van der Waals surface area contributed by atoms with Gasteiger partial charge in [0.2, 0.25) is 5.91 Å². The normalized spacial score (nSPS) is 28.9.